The Kier molecular flexibility index (Phi) is 6.67. The van der Waals surface area contributed by atoms with Crippen LogP contribution in [-0.2, 0) is 10.9 Å². The molecule has 1 atom stereocenters. The van der Waals surface area contributed by atoms with Crippen molar-refractivity contribution in [2.45, 2.75) is 33.1 Å². The Morgan fingerprint density at radius 1 is 1.00 bits per heavy atom. The van der Waals surface area contributed by atoms with Crippen molar-refractivity contribution in [3.8, 4) is 11.1 Å². The number of hydrogen-bond donors (Lipinski definition) is 2. The molecule has 0 aliphatic rings. The predicted octanol–water partition coefficient (Wildman–Crippen LogP) is 5.77. The first kappa shape index (κ1) is 24.1. The topological polar surface area (TPSA) is 81.4 Å². The van der Waals surface area contributed by atoms with Crippen molar-refractivity contribution in [3.63, 3.8) is 0 Å². The molecule has 0 heterocycles. The maximum absolute atomic E-state index is 12.9. The van der Waals surface area contributed by atoms with Gasteiger partial charge in [-0.3, -0.25) is 4.79 Å². The van der Waals surface area contributed by atoms with Gasteiger partial charge in [-0.15, -0.1) is 0 Å². The quantitative estimate of drug-likeness (QED) is 0.510. The van der Waals surface area contributed by atoms with E-state index < -0.39 is 29.4 Å². The second-order valence-corrected chi connectivity index (χ2v) is 8.82. The fourth-order valence-electron chi connectivity index (χ4n) is 3.47. The summed E-state index contributed by atoms with van der Waals surface area (Å²) in [6.45, 7) is 5.69. The number of benzene rings is 3. The molecule has 3 aromatic rings. The smallest absolute Gasteiger partial charge is 0.416 e. The lowest BCUT2D eigenvalue weighted by molar-refractivity contribution is -0.137. The molecule has 0 saturated heterocycles. The van der Waals surface area contributed by atoms with Crippen LogP contribution in [-0.4, -0.2) is 24.6 Å². The Bertz CT molecular complexity index is 1170. The zero-order valence-electron chi connectivity index (χ0n) is 18.5. The summed E-state index contributed by atoms with van der Waals surface area (Å²) in [5.41, 5.74) is 5.80. The number of primary amides is 1. The summed E-state index contributed by atoms with van der Waals surface area (Å²) in [5, 5.41) is 4.33. The van der Waals surface area contributed by atoms with Crippen molar-refractivity contribution in [3.05, 3.63) is 71.8 Å². The van der Waals surface area contributed by atoms with Gasteiger partial charge in [0.2, 0.25) is 0 Å². The molecule has 0 bridgehead atoms. The monoisotopic (exact) mass is 458 g/mol. The van der Waals surface area contributed by atoms with Gasteiger partial charge in [-0.2, -0.15) is 13.2 Å². The van der Waals surface area contributed by atoms with Crippen LogP contribution in [0.5, 0.6) is 0 Å². The number of carbonyl (C=O) groups is 2. The highest BCUT2D eigenvalue weighted by Crippen LogP contribution is 2.33. The molecule has 3 aromatic carbocycles. The van der Waals surface area contributed by atoms with Crippen LogP contribution in [0.15, 0.2) is 60.7 Å². The van der Waals surface area contributed by atoms with Gasteiger partial charge in [-0.25, -0.2) is 4.79 Å². The first-order chi connectivity index (χ1) is 15.4. The van der Waals surface area contributed by atoms with Gasteiger partial charge in [-0.05, 0) is 46.2 Å². The van der Waals surface area contributed by atoms with E-state index in [4.69, 9.17) is 10.5 Å². The lowest BCUT2D eigenvalue weighted by atomic mass is 9.89. The molecule has 0 spiro atoms. The van der Waals surface area contributed by atoms with Crippen molar-refractivity contribution in [1.82, 2.24) is 5.32 Å². The van der Waals surface area contributed by atoms with E-state index in [1.165, 1.54) is 12.1 Å². The molecule has 0 radical (unpaired) electrons. The number of rotatable bonds is 5. The number of carbonyl (C=O) groups excluding carboxylic acids is 2. The van der Waals surface area contributed by atoms with Gasteiger partial charge in [0.15, 0.2) is 0 Å². The normalized spacial score (nSPS) is 12.9. The van der Waals surface area contributed by atoms with Crippen LogP contribution < -0.4 is 11.1 Å². The first-order valence-electron chi connectivity index (χ1n) is 10.3. The van der Waals surface area contributed by atoms with Gasteiger partial charge in [0.05, 0.1) is 12.1 Å². The van der Waals surface area contributed by atoms with Crippen LogP contribution in [0.4, 0.5) is 18.0 Å². The summed E-state index contributed by atoms with van der Waals surface area (Å²) in [4.78, 5) is 23.9. The molecule has 0 saturated carbocycles. The Morgan fingerprint density at radius 2 is 1.67 bits per heavy atom. The lowest BCUT2D eigenvalue weighted by Crippen LogP contribution is -2.43. The Labute approximate surface area is 189 Å². The number of halogens is 3. The van der Waals surface area contributed by atoms with Crippen molar-refractivity contribution in [1.29, 1.82) is 0 Å². The number of ether oxygens (including phenoxy) is 1. The first-order valence-corrected chi connectivity index (χ1v) is 10.3. The maximum atomic E-state index is 12.9. The van der Waals surface area contributed by atoms with Gasteiger partial charge in [0.25, 0.3) is 5.91 Å². The van der Waals surface area contributed by atoms with Crippen molar-refractivity contribution < 1.29 is 27.5 Å². The molecule has 5 nitrogen and oxygen atoms in total. The van der Waals surface area contributed by atoms with Crippen molar-refractivity contribution in [2.75, 3.05) is 6.54 Å². The highest BCUT2D eigenvalue weighted by atomic mass is 19.4. The minimum Gasteiger partial charge on any atom is -0.444 e. The van der Waals surface area contributed by atoms with E-state index in [1.807, 2.05) is 32.9 Å². The Hall–Kier alpha value is -3.55. The van der Waals surface area contributed by atoms with Crippen LogP contribution >= 0.6 is 0 Å². The van der Waals surface area contributed by atoms with Gasteiger partial charge in [0.1, 0.15) is 6.10 Å². The minimum atomic E-state index is -4.39. The van der Waals surface area contributed by atoms with Crippen LogP contribution in [0.1, 0.15) is 36.7 Å². The van der Waals surface area contributed by atoms with E-state index in [0.717, 1.165) is 28.5 Å². The molecule has 33 heavy (non-hydrogen) atoms. The van der Waals surface area contributed by atoms with E-state index in [1.54, 1.807) is 24.3 Å². The summed E-state index contributed by atoms with van der Waals surface area (Å²) < 4.78 is 43.7. The number of nitrogens with one attached hydrogen (secondary N) is 1. The van der Waals surface area contributed by atoms with Gasteiger partial charge in [0, 0.05) is 11.0 Å². The van der Waals surface area contributed by atoms with E-state index in [2.05, 4.69) is 5.32 Å². The number of amides is 2. The Morgan fingerprint density at radius 3 is 2.24 bits per heavy atom. The third-order valence-corrected chi connectivity index (χ3v) is 5.34. The zero-order chi connectivity index (χ0) is 24.4. The molecular weight excluding hydrogens is 433 g/mol. The highest BCUT2D eigenvalue weighted by Gasteiger charge is 2.30. The van der Waals surface area contributed by atoms with Crippen molar-refractivity contribution >= 4 is 22.8 Å². The molecule has 0 aliphatic heterocycles. The third-order valence-electron chi connectivity index (χ3n) is 5.34. The molecule has 0 fully saturated rings. The standard InChI is InChI=1S/C25H25F3N2O3/c1-24(2,3)21(33-23(29)32)14-30-22(31)17-9-12-20-16(13-17)5-4-6-19(20)15-7-10-18(11-8-15)25(26,27)28/h4-13,21H,14H2,1-3H3,(H2,29,32)(H,30,31). The summed E-state index contributed by atoms with van der Waals surface area (Å²) in [6.07, 6.45) is -5.91. The number of hydrogen-bond acceptors (Lipinski definition) is 3. The van der Waals surface area contributed by atoms with E-state index in [9.17, 15) is 22.8 Å². The molecule has 3 N–H and O–H groups in total. The third kappa shape index (κ3) is 5.83. The summed E-state index contributed by atoms with van der Waals surface area (Å²) in [6, 6.07) is 15.5. The average molecular weight is 458 g/mol. The van der Waals surface area contributed by atoms with Crippen LogP contribution in [0.3, 0.4) is 0 Å². The molecule has 3 rings (SSSR count). The molecule has 8 heteroatoms. The minimum absolute atomic E-state index is 0.0922. The van der Waals surface area contributed by atoms with Crippen LogP contribution in [0, 0.1) is 5.41 Å². The molecule has 174 valence electrons. The van der Waals surface area contributed by atoms with Gasteiger partial charge in [-0.1, -0.05) is 57.2 Å². The fraction of sp³-hybridized carbons (Fsp3) is 0.280. The Balaban J connectivity index is 1.83. The second kappa shape index (κ2) is 9.13. The van der Waals surface area contributed by atoms with Gasteiger partial charge >= 0.3 is 12.3 Å². The van der Waals surface area contributed by atoms with Crippen LogP contribution in [0.2, 0.25) is 0 Å². The molecule has 0 aromatic heterocycles. The molecular formula is C25H25F3N2O3. The highest BCUT2D eigenvalue weighted by molar-refractivity contribution is 6.02. The van der Waals surface area contributed by atoms with Crippen molar-refractivity contribution in [2.24, 2.45) is 11.1 Å². The second-order valence-electron chi connectivity index (χ2n) is 8.82. The summed E-state index contributed by atoms with van der Waals surface area (Å²) in [7, 11) is 0. The number of nitrogens with two attached hydrogens (primary N) is 1. The molecule has 2 amide bonds. The van der Waals surface area contributed by atoms with Crippen LogP contribution in [0.25, 0.3) is 21.9 Å². The summed E-state index contributed by atoms with van der Waals surface area (Å²) in [5.74, 6) is -0.348. The SMILES string of the molecule is CC(C)(C)C(CNC(=O)c1ccc2c(-c3ccc(C(F)(F)F)cc3)cccc2c1)OC(N)=O. The van der Waals surface area contributed by atoms with E-state index in [-0.39, 0.29) is 12.5 Å². The largest absolute Gasteiger partial charge is 0.444 e. The average Bonchev–Trinajstić information content (AvgIpc) is 2.74. The number of fused-ring (bicyclic) bond motifs is 1. The zero-order valence-corrected chi connectivity index (χ0v) is 18.5. The van der Waals surface area contributed by atoms with E-state index in [0.29, 0.717) is 11.1 Å². The molecule has 0 aliphatic carbocycles. The fourth-order valence-corrected chi connectivity index (χ4v) is 3.47. The van der Waals surface area contributed by atoms with E-state index >= 15 is 0 Å². The predicted molar refractivity (Wildman–Crippen MR) is 121 cm³/mol. The number of alkyl halides is 3. The maximum Gasteiger partial charge on any atom is 0.416 e. The lowest BCUT2D eigenvalue weighted by Gasteiger charge is -2.29. The summed E-state index contributed by atoms with van der Waals surface area (Å²) >= 11 is 0. The van der Waals surface area contributed by atoms with Gasteiger partial charge < -0.3 is 15.8 Å². The molecule has 1 unspecified atom stereocenters.